The molecular formula is C11H23N3O2. The summed E-state index contributed by atoms with van der Waals surface area (Å²) < 4.78 is 0. The summed E-state index contributed by atoms with van der Waals surface area (Å²) in [6.45, 7) is 7.72. The average Bonchev–Trinajstić information content (AvgIpc) is 2.26. The number of carbonyl (C=O) groups is 2. The van der Waals surface area contributed by atoms with Gasteiger partial charge in [0.2, 0.25) is 11.8 Å². The quantitative estimate of drug-likeness (QED) is 0.639. The summed E-state index contributed by atoms with van der Waals surface area (Å²) in [7, 11) is 1.76. The van der Waals surface area contributed by atoms with Crippen molar-refractivity contribution >= 4 is 11.8 Å². The highest BCUT2D eigenvalue weighted by Gasteiger charge is 2.10. The molecule has 0 radical (unpaired) electrons. The molecule has 0 bridgehead atoms. The summed E-state index contributed by atoms with van der Waals surface area (Å²) in [5.74, 6) is -0.448. The molecule has 5 nitrogen and oxygen atoms in total. The number of hydrogen-bond acceptors (Lipinski definition) is 3. The molecule has 2 N–H and O–H groups in total. The zero-order valence-corrected chi connectivity index (χ0v) is 10.5. The van der Waals surface area contributed by atoms with E-state index >= 15 is 0 Å². The van der Waals surface area contributed by atoms with Crippen LogP contribution in [0.2, 0.25) is 0 Å². The summed E-state index contributed by atoms with van der Waals surface area (Å²) in [5, 5.41) is 0. The van der Waals surface area contributed by atoms with E-state index in [4.69, 9.17) is 5.73 Å². The van der Waals surface area contributed by atoms with E-state index in [1.807, 2.05) is 0 Å². The lowest BCUT2D eigenvalue weighted by Gasteiger charge is -2.23. The number of nitrogens with zero attached hydrogens (tertiary/aromatic N) is 2. The van der Waals surface area contributed by atoms with Crippen LogP contribution in [0.4, 0.5) is 0 Å². The minimum Gasteiger partial charge on any atom is -0.370 e. The molecule has 0 aromatic heterocycles. The molecule has 0 aliphatic rings. The predicted molar refractivity (Wildman–Crippen MR) is 63.9 cm³/mol. The van der Waals surface area contributed by atoms with E-state index in [1.165, 1.54) is 0 Å². The second-order valence-corrected chi connectivity index (χ2v) is 3.81. The van der Waals surface area contributed by atoms with Crippen molar-refractivity contribution in [2.75, 3.05) is 33.2 Å². The number of nitrogens with two attached hydrogens (primary N) is 1. The molecule has 0 saturated heterocycles. The highest BCUT2D eigenvalue weighted by Crippen LogP contribution is 1.96. The average molecular weight is 229 g/mol. The van der Waals surface area contributed by atoms with Crippen molar-refractivity contribution in [1.82, 2.24) is 9.80 Å². The first-order valence-corrected chi connectivity index (χ1v) is 5.75. The van der Waals surface area contributed by atoms with E-state index in [9.17, 15) is 9.59 Å². The van der Waals surface area contributed by atoms with Gasteiger partial charge in [-0.3, -0.25) is 9.59 Å². The summed E-state index contributed by atoms with van der Waals surface area (Å²) in [6.07, 6.45) is 0.346. The largest absolute Gasteiger partial charge is 0.370 e. The molecule has 0 heterocycles. The van der Waals surface area contributed by atoms with E-state index in [1.54, 1.807) is 11.9 Å². The molecule has 2 amide bonds. The van der Waals surface area contributed by atoms with Crippen molar-refractivity contribution in [1.29, 1.82) is 0 Å². The van der Waals surface area contributed by atoms with Crippen molar-refractivity contribution in [3.63, 3.8) is 0 Å². The molecular weight excluding hydrogens is 206 g/mol. The Balaban J connectivity index is 3.82. The Morgan fingerprint density at radius 3 is 2.06 bits per heavy atom. The van der Waals surface area contributed by atoms with Crippen molar-refractivity contribution in [2.45, 2.75) is 26.7 Å². The van der Waals surface area contributed by atoms with E-state index in [0.29, 0.717) is 6.54 Å². The van der Waals surface area contributed by atoms with Gasteiger partial charge in [-0.1, -0.05) is 13.8 Å². The Kier molecular flexibility index (Phi) is 7.54. The molecule has 5 heteroatoms. The van der Waals surface area contributed by atoms with Gasteiger partial charge in [-0.2, -0.15) is 0 Å². The third-order valence-electron chi connectivity index (χ3n) is 2.66. The molecule has 0 saturated carbocycles. The second kappa shape index (κ2) is 8.10. The summed E-state index contributed by atoms with van der Waals surface area (Å²) in [6, 6.07) is 0. The highest BCUT2D eigenvalue weighted by atomic mass is 16.2. The van der Waals surface area contributed by atoms with Gasteiger partial charge < -0.3 is 15.5 Å². The fourth-order valence-corrected chi connectivity index (χ4v) is 1.38. The molecule has 0 spiro atoms. The van der Waals surface area contributed by atoms with E-state index < -0.39 is 5.91 Å². The maximum atomic E-state index is 11.5. The Hall–Kier alpha value is -1.10. The predicted octanol–water partition coefficient (Wildman–Crippen LogP) is 0.0521. The lowest BCUT2D eigenvalue weighted by atomic mass is 10.2. The Morgan fingerprint density at radius 2 is 1.62 bits per heavy atom. The van der Waals surface area contributed by atoms with Gasteiger partial charge >= 0.3 is 0 Å². The summed E-state index contributed by atoms with van der Waals surface area (Å²) in [4.78, 5) is 26.0. The van der Waals surface area contributed by atoms with Gasteiger partial charge in [0.25, 0.3) is 0 Å². The van der Waals surface area contributed by atoms with Gasteiger partial charge in [0.05, 0.1) is 0 Å². The zero-order chi connectivity index (χ0) is 12.6. The molecule has 0 aromatic carbocycles. The Bertz CT molecular complexity index is 227. The number of rotatable bonds is 8. The minimum absolute atomic E-state index is 0.0223. The topological polar surface area (TPSA) is 66.6 Å². The fourth-order valence-electron chi connectivity index (χ4n) is 1.38. The fraction of sp³-hybridized carbons (Fsp3) is 0.818. The van der Waals surface area contributed by atoms with Crippen LogP contribution in [0.1, 0.15) is 26.7 Å². The summed E-state index contributed by atoms with van der Waals surface area (Å²) >= 11 is 0. The molecule has 0 aromatic rings. The standard InChI is InChI=1S/C11H23N3O2/c1-4-14(5-2)9-8-13(3)11(16)7-6-10(12)15/h4-9H2,1-3H3,(H2,12,15). The van der Waals surface area contributed by atoms with Crippen LogP contribution in [0.15, 0.2) is 0 Å². The van der Waals surface area contributed by atoms with Crippen LogP contribution in [0.25, 0.3) is 0 Å². The van der Waals surface area contributed by atoms with E-state index in [-0.39, 0.29) is 18.7 Å². The molecule has 0 aliphatic heterocycles. The third kappa shape index (κ3) is 6.40. The number of amides is 2. The van der Waals surface area contributed by atoms with Gasteiger partial charge in [-0.05, 0) is 13.1 Å². The first kappa shape index (κ1) is 14.9. The van der Waals surface area contributed by atoms with Gasteiger partial charge in [-0.25, -0.2) is 0 Å². The van der Waals surface area contributed by atoms with Crippen LogP contribution in [0.5, 0.6) is 0 Å². The first-order valence-electron chi connectivity index (χ1n) is 5.75. The van der Waals surface area contributed by atoms with Gasteiger partial charge in [0.1, 0.15) is 0 Å². The monoisotopic (exact) mass is 229 g/mol. The number of likely N-dealkylation sites (N-methyl/N-ethyl adjacent to an activating group) is 2. The van der Waals surface area contributed by atoms with Crippen LogP contribution in [-0.4, -0.2) is 54.8 Å². The molecule has 94 valence electrons. The molecule has 0 aliphatic carbocycles. The lowest BCUT2D eigenvalue weighted by Crippen LogP contribution is -2.36. The van der Waals surface area contributed by atoms with E-state index in [2.05, 4.69) is 18.7 Å². The van der Waals surface area contributed by atoms with Crippen molar-refractivity contribution in [3.05, 3.63) is 0 Å². The molecule has 0 fully saturated rings. The molecule has 0 unspecified atom stereocenters. The highest BCUT2D eigenvalue weighted by molar-refractivity contribution is 5.82. The van der Waals surface area contributed by atoms with Crippen molar-refractivity contribution < 1.29 is 9.59 Å². The summed E-state index contributed by atoms with van der Waals surface area (Å²) in [5.41, 5.74) is 4.99. The van der Waals surface area contributed by atoms with Crippen LogP contribution in [0.3, 0.4) is 0 Å². The molecule has 0 rings (SSSR count). The van der Waals surface area contributed by atoms with Gasteiger partial charge in [-0.15, -0.1) is 0 Å². The van der Waals surface area contributed by atoms with Crippen molar-refractivity contribution in [3.8, 4) is 0 Å². The smallest absolute Gasteiger partial charge is 0.222 e. The van der Waals surface area contributed by atoms with E-state index in [0.717, 1.165) is 19.6 Å². The van der Waals surface area contributed by atoms with Crippen molar-refractivity contribution in [2.24, 2.45) is 5.73 Å². The number of carbonyl (C=O) groups excluding carboxylic acids is 2. The van der Waals surface area contributed by atoms with Gasteiger partial charge in [0.15, 0.2) is 0 Å². The maximum absolute atomic E-state index is 11.5. The van der Waals surface area contributed by atoms with Crippen LogP contribution < -0.4 is 5.73 Å². The normalized spacial score (nSPS) is 10.5. The second-order valence-electron chi connectivity index (χ2n) is 3.81. The SMILES string of the molecule is CCN(CC)CCN(C)C(=O)CCC(N)=O. The minimum atomic E-state index is -0.425. The number of primary amides is 1. The lowest BCUT2D eigenvalue weighted by molar-refractivity contribution is -0.132. The molecule has 0 atom stereocenters. The zero-order valence-electron chi connectivity index (χ0n) is 10.5. The van der Waals surface area contributed by atoms with Crippen LogP contribution >= 0.6 is 0 Å². The maximum Gasteiger partial charge on any atom is 0.222 e. The van der Waals surface area contributed by atoms with Crippen LogP contribution in [0, 0.1) is 0 Å². The third-order valence-corrected chi connectivity index (χ3v) is 2.66. The number of hydrogen-bond donors (Lipinski definition) is 1. The van der Waals surface area contributed by atoms with Gasteiger partial charge in [0, 0.05) is 33.0 Å². The van der Waals surface area contributed by atoms with Crippen LogP contribution in [-0.2, 0) is 9.59 Å². The Morgan fingerprint density at radius 1 is 1.06 bits per heavy atom. The first-order chi connectivity index (χ1) is 7.51. The Labute approximate surface area is 97.6 Å². The molecule has 16 heavy (non-hydrogen) atoms.